The Bertz CT molecular complexity index is 769. The molecule has 0 saturated heterocycles. The third-order valence-corrected chi connectivity index (χ3v) is 5.87. The van der Waals surface area contributed by atoms with Gasteiger partial charge in [-0.05, 0) is 50.6 Å². The number of nitrogens with one attached hydrogen (secondary N) is 1. The molecule has 1 aromatic heterocycles. The predicted octanol–water partition coefficient (Wildman–Crippen LogP) is 3.13. The van der Waals surface area contributed by atoms with Gasteiger partial charge in [-0.1, -0.05) is 0 Å². The highest BCUT2D eigenvalue weighted by Crippen LogP contribution is 2.26. The summed E-state index contributed by atoms with van der Waals surface area (Å²) < 4.78 is 41.0. The summed E-state index contributed by atoms with van der Waals surface area (Å²) in [5.41, 5.74) is 6.43. The third kappa shape index (κ3) is 3.42. The molecule has 0 spiro atoms. The van der Waals surface area contributed by atoms with Crippen LogP contribution in [0.2, 0.25) is 0 Å². The number of halogens is 1. The van der Waals surface area contributed by atoms with Gasteiger partial charge in [-0.15, -0.1) is 11.3 Å². The maximum atomic E-state index is 13.9. The van der Waals surface area contributed by atoms with Gasteiger partial charge in [0.2, 0.25) is 10.0 Å². The Labute approximate surface area is 127 Å². The summed E-state index contributed by atoms with van der Waals surface area (Å²) in [6.45, 7) is 5.29. The van der Waals surface area contributed by atoms with E-state index >= 15 is 0 Å². The Morgan fingerprint density at radius 2 is 1.95 bits per heavy atom. The topological polar surface area (TPSA) is 72.2 Å². The minimum atomic E-state index is -3.97. The van der Waals surface area contributed by atoms with Crippen LogP contribution in [-0.4, -0.2) is 8.42 Å². The quantitative estimate of drug-likeness (QED) is 0.847. The first-order chi connectivity index (χ1) is 9.70. The molecule has 0 aliphatic heterocycles. The van der Waals surface area contributed by atoms with Crippen LogP contribution in [0.3, 0.4) is 0 Å². The van der Waals surface area contributed by atoms with E-state index in [2.05, 4.69) is 4.72 Å². The first-order valence-electron chi connectivity index (χ1n) is 6.35. The Balaban J connectivity index is 2.32. The number of aryl methyl sites for hydroxylation is 2. The van der Waals surface area contributed by atoms with E-state index in [0.717, 1.165) is 21.9 Å². The minimum Gasteiger partial charge on any atom is -0.398 e. The maximum absolute atomic E-state index is 13.9. The van der Waals surface area contributed by atoms with Crippen molar-refractivity contribution < 1.29 is 12.8 Å². The van der Waals surface area contributed by atoms with Gasteiger partial charge in [-0.25, -0.2) is 17.5 Å². The highest BCUT2D eigenvalue weighted by molar-refractivity contribution is 7.89. The van der Waals surface area contributed by atoms with Gasteiger partial charge in [0.25, 0.3) is 0 Å². The second-order valence-electron chi connectivity index (χ2n) is 4.93. The minimum absolute atomic E-state index is 0.247. The second-order valence-corrected chi connectivity index (χ2v) is 7.93. The monoisotopic (exact) mass is 328 g/mol. The average molecular weight is 328 g/mol. The molecular weight excluding hydrogens is 311 g/mol. The lowest BCUT2D eigenvalue weighted by atomic mass is 10.2. The SMILES string of the molecule is Cc1ccc(C(C)NS(=O)(=O)c2cc(N)c(C)cc2F)s1. The molecule has 1 heterocycles. The summed E-state index contributed by atoms with van der Waals surface area (Å²) in [5, 5.41) is 0. The highest BCUT2D eigenvalue weighted by Gasteiger charge is 2.23. The molecule has 114 valence electrons. The molecule has 0 radical (unpaired) electrons. The van der Waals surface area contributed by atoms with E-state index in [1.54, 1.807) is 13.8 Å². The lowest BCUT2D eigenvalue weighted by Gasteiger charge is -2.14. The zero-order valence-electron chi connectivity index (χ0n) is 12.0. The van der Waals surface area contributed by atoms with Gasteiger partial charge < -0.3 is 5.73 Å². The molecule has 0 aliphatic rings. The zero-order chi connectivity index (χ0) is 15.8. The first-order valence-corrected chi connectivity index (χ1v) is 8.65. The summed E-state index contributed by atoms with van der Waals surface area (Å²) in [5.74, 6) is -0.802. The number of benzene rings is 1. The fourth-order valence-corrected chi connectivity index (χ4v) is 4.19. The third-order valence-electron chi connectivity index (χ3n) is 3.13. The van der Waals surface area contributed by atoms with Crippen LogP contribution in [0.15, 0.2) is 29.2 Å². The van der Waals surface area contributed by atoms with Crippen LogP contribution in [0.5, 0.6) is 0 Å². The van der Waals surface area contributed by atoms with Crippen molar-refractivity contribution in [2.75, 3.05) is 5.73 Å². The molecule has 1 atom stereocenters. The van der Waals surface area contributed by atoms with Gasteiger partial charge in [-0.3, -0.25) is 0 Å². The van der Waals surface area contributed by atoms with Crippen molar-refractivity contribution in [1.82, 2.24) is 4.72 Å². The van der Waals surface area contributed by atoms with Crippen LogP contribution in [0, 0.1) is 19.7 Å². The number of hydrogen-bond acceptors (Lipinski definition) is 4. The Morgan fingerprint density at radius 3 is 2.52 bits per heavy atom. The normalized spacial score (nSPS) is 13.3. The highest BCUT2D eigenvalue weighted by atomic mass is 32.2. The van der Waals surface area contributed by atoms with E-state index in [4.69, 9.17) is 5.73 Å². The number of rotatable bonds is 4. The maximum Gasteiger partial charge on any atom is 0.244 e. The molecule has 0 bridgehead atoms. The molecule has 1 unspecified atom stereocenters. The molecule has 0 aliphatic carbocycles. The van der Waals surface area contributed by atoms with Crippen molar-refractivity contribution in [1.29, 1.82) is 0 Å². The van der Waals surface area contributed by atoms with Crippen molar-refractivity contribution in [3.8, 4) is 0 Å². The number of sulfonamides is 1. The van der Waals surface area contributed by atoms with Crippen molar-refractivity contribution >= 4 is 27.0 Å². The first kappa shape index (κ1) is 15.9. The van der Waals surface area contributed by atoms with Crippen molar-refractivity contribution in [2.24, 2.45) is 0 Å². The number of hydrogen-bond donors (Lipinski definition) is 2. The van der Waals surface area contributed by atoms with Gasteiger partial charge in [0, 0.05) is 15.4 Å². The standard InChI is InChI=1S/C14H17FN2O2S2/c1-8-6-11(15)14(7-12(8)16)21(18,19)17-10(3)13-5-4-9(2)20-13/h4-7,10,17H,16H2,1-3H3. The van der Waals surface area contributed by atoms with E-state index in [-0.39, 0.29) is 5.69 Å². The summed E-state index contributed by atoms with van der Waals surface area (Å²) in [6, 6.07) is 5.61. The number of thiophene rings is 1. The molecule has 1 aromatic carbocycles. The molecule has 0 fully saturated rings. The molecule has 3 N–H and O–H groups in total. The van der Waals surface area contributed by atoms with Crippen molar-refractivity contribution in [2.45, 2.75) is 31.7 Å². The Kier molecular flexibility index (Phi) is 4.36. The molecule has 0 saturated carbocycles. The average Bonchev–Trinajstić information content (AvgIpc) is 2.80. The summed E-state index contributed by atoms with van der Waals surface area (Å²) in [6.07, 6.45) is 0. The van der Waals surface area contributed by atoms with Crippen molar-refractivity contribution in [3.05, 3.63) is 45.4 Å². The molecule has 2 rings (SSSR count). The van der Waals surface area contributed by atoms with Crippen LogP contribution in [-0.2, 0) is 10.0 Å². The number of nitrogen functional groups attached to an aromatic ring is 1. The lowest BCUT2D eigenvalue weighted by molar-refractivity contribution is 0.548. The molecule has 2 aromatic rings. The Hall–Kier alpha value is -1.44. The van der Waals surface area contributed by atoms with E-state index in [0.29, 0.717) is 5.56 Å². The Morgan fingerprint density at radius 1 is 1.29 bits per heavy atom. The van der Waals surface area contributed by atoms with Gasteiger partial charge in [0.05, 0.1) is 6.04 Å². The van der Waals surface area contributed by atoms with E-state index in [1.807, 2.05) is 19.1 Å². The molecule has 0 amide bonds. The molecule has 4 nitrogen and oxygen atoms in total. The number of anilines is 1. The van der Waals surface area contributed by atoms with Crippen molar-refractivity contribution in [3.63, 3.8) is 0 Å². The second kappa shape index (κ2) is 5.75. The van der Waals surface area contributed by atoms with Crippen LogP contribution >= 0.6 is 11.3 Å². The summed E-state index contributed by atoms with van der Waals surface area (Å²) in [7, 11) is -3.97. The van der Waals surface area contributed by atoms with Crippen LogP contribution in [0.25, 0.3) is 0 Å². The fourth-order valence-electron chi connectivity index (χ4n) is 1.91. The van der Waals surface area contributed by atoms with E-state index in [9.17, 15) is 12.8 Å². The predicted molar refractivity (Wildman–Crippen MR) is 83.3 cm³/mol. The zero-order valence-corrected chi connectivity index (χ0v) is 13.6. The number of nitrogens with two attached hydrogens (primary N) is 1. The molecular formula is C14H17FN2O2S2. The largest absolute Gasteiger partial charge is 0.398 e. The van der Waals surface area contributed by atoms with Gasteiger partial charge in [0.15, 0.2) is 0 Å². The molecule has 21 heavy (non-hydrogen) atoms. The van der Waals surface area contributed by atoms with Gasteiger partial charge in [-0.2, -0.15) is 0 Å². The lowest BCUT2D eigenvalue weighted by Crippen LogP contribution is -2.27. The van der Waals surface area contributed by atoms with E-state index < -0.39 is 26.8 Å². The smallest absolute Gasteiger partial charge is 0.244 e. The van der Waals surface area contributed by atoms with Gasteiger partial charge >= 0.3 is 0 Å². The van der Waals surface area contributed by atoms with Crippen LogP contribution in [0.4, 0.5) is 10.1 Å². The van der Waals surface area contributed by atoms with Gasteiger partial charge in [0.1, 0.15) is 10.7 Å². The molecule has 7 heteroatoms. The summed E-state index contributed by atoms with van der Waals surface area (Å²) in [4.78, 5) is 1.53. The van der Waals surface area contributed by atoms with Crippen LogP contribution in [0.1, 0.15) is 28.3 Å². The van der Waals surface area contributed by atoms with E-state index in [1.165, 1.54) is 11.3 Å². The summed E-state index contributed by atoms with van der Waals surface area (Å²) >= 11 is 1.50. The fraction of sp³-hybridized carbons (Fsp3) is 0.286. The van der Waals surface area contributed by atoms with Crippen LogP contribution < -0.4 is 10.5 Å².